The molecule has 11 aromatic rings. The second-order valence-corrected chi connectivity index (χ2v) is 22.8. The van der Waals surface area contributed by atoms with Crippen LogP contribution in [0.15, 0.2) is 165 Å². The van der Waals surface area contributed by atoms with E-state index in [1.54, 1.807) is 73.1 Å². The van der Waals surface area contributed by atoms with Gasteiger partial charge < -0.3 is 24.1 Å². The molecule has 86 heavy (non-hydrogen) atoms. The van der Waals surface area contributed by atoms with E-state index < -0.39 is 29.6 Å². The molecule has 0 saturated carbocycles. The quantitative estimate of drug-likeness (QED) is 0.0426. The zero-order chi connectivity index (χ0) is 60.0. The second-order valence-electron chi connectivity index (χ2n) is 22.8. The van der Waals surface area contributed by atoms with Crippen molar-refractivity contribution in [2.45, 2.75) is 58.8 Å². The van der Waals surface area contributed by atoms with Gasteiger partial charge in [0.05, 0.1) is 33.6 Å². The fourth-order valence-electron chi connectivity index (χ4n) is 12.3. The van der Waals surface area contributed by atoms with E-state index in [1.807, 2.05) is 166 Å². The SMILES string of the molecule is CC(C)c1cccc(C(C)C)c1N1C(=O)c2cc(Oc3ccc[n+](C)c3)c3c4c(Oc5ccc[n+](C)c5)cc5c6c(cc(Oc7ccc[n+](C)c7)c(c7c(Oc8ccc[n+](C)c8)cc(c2c37)C1=O)c64)C(=O)N(c1ccc(CCCC(=O)O)cc1)C5=O. The minimum Gasteiger partial charge on any atom is -0.481 e. The van der Waals surface area contributed by atoms with Crippen LogP contribution in [0.3, 0.4) is 0 Å². The molecular weight excluding hydrogens is 1080 g/mol. The minimum atomic E-state index is -0.897. The molecule has 7 aromatic carbocycles. The van der Waals surface area contributed by atoms with Crippen molar-refractivity contribution in [1.82, 2.24) is 0 Å². The Bertz CT molecular complexity index is 4460. The van der Waals surface area contributed by atoms with E-state index in [1.165, 1.54) is 4.90 Å². The Kier molecular flexibility index (Phi) is 13.5. The highest BCUT2D eigenvalue weighted by Gasteiger charge is 2.43. The van der Waals surface area contributed by atoms with Crippen LogP contribution in [0.1, 0.15) is 110 Å². The highest BCUT2D eigenvalue weighted by molar-refractivity contribution is 6.48. The first-order valence-corrected chi connectivity index (χ1v) is 28.5. The predicted octanol–water partition coefficient (Wildman–Crippen LogP) is 12.5. The van der Waals surface area contributed by atoms with Crippen LogP contribution in [0.2, 0.25) is 0 Å². The van der Waals surface area contributed by atoms with Gasteiger partial charge in [0.25, 0.3) is 23.6 Å². The molecule has 0 aliphatic carbocycles. The lowest BCUT2D eigenvalue weighted by molar-refractivity contribution is -0.671. The van der Waals surface area contributed by atoms with Crippen LogP contribution in [0.5, 0.6) is 46.0 Å². The zero-order valence-electron chi connectivity index (χ0n) is 48.7. The summed E-state index contributed by atoms with van der Waals surface area (Å²) in [7, 11) is 7.47. The van der Waals surface area contributed by atoms with Gasteiger partial charge in [-0.1, -0.05) is 58.0 Å². The Labute approximate surface area is 494 Å². The number of carbonyl (C=O) groups excluding carboxylic acids is 4. The molecule has 6 heterocycles. The second kappa shape index (κ2) is 21.2. The lowest BCUT2D eigenvalue weighted by atomic mass is 9.80. The molecule has 0 saturated heterocycles. The maximum absolute atomic E-state index is 16.2. The Morgan fingerprint density at radius 3 is 1.09 bits per heavy atom. The molecule has 16 nitrogen and oxygen atoms in total. The molecule has 0 atom stereocenters. The largest absolute Gasteiger partial charge is 0.481 e. The van der Waals surface area contributed by atoms with E-state index in [0.717, 1.165) is 21.6 Å². The van der Waals surface area contributed by atoms with Gasteiger partial charge in [0.2, 0.25) is 24.8 Å². The van der Waals surface area contributed by atoms with Crippen LogP contribution in [-0.4, -0.2) is 34.7 Å². The van der Waals surface area contributed by atoms with E-state index in [9.17, 15) is 9.90 Å². The number of rotatable bonds is 16. The summed E-state index contributed by atoms with van der Waals surface area (Å²) in [5, 5.41) is 12.3. The minimum absolute atomic E-state index is 0.00700. The Morgan fingerprint density at radius 1 is 0.442 bits per heavy atom. The fraction of sp³-hybridized carbons (Fsp3) is 0.186. The zero-order valence-corrected chi connectivity index (χ0v) is 48.7. The maximum atomic E-state index is 16.2. The lowest BCUT2D eigenvalue weighted by Gasteiger charge is -2.34. The van der Waals surface area contributed by atoms with Crippen LogP contribution < -0.4 is 47.0 Å². The Balaban J connectivity index is 1.22. The van der Waals surface area contributed by atoms with Crippen molar-refractivity contribution in [3.63, 3.8) is 0 Å². The number of hydrogen-bond acceptors (Lipinski definition) is 9. The number of carbonyl (C=O) groups is 5. The van der Waals surface area contributed by atoms with E-state index in [2.05, 4.69) is 0 Å². The number of pyridine rings is 4. The average Bonchev–Trinajstić information content (AvgIpc) is 0.751. The Morgan fingerprint density at radius 2 is 0.779 bits per heavy atom. The number of hydrogen-bond donors (Lipinski definition) is 1. The summed E-state index contributed by atoms with van der Waals surface area (Å²) in [4.78, 5) is 77.7. The van der Waals surface area contributed by atoms with E-state index in [0.29, 0.717) is 90.3 Å². The number of benzene rings is 7. The first-order valence-electron chi connectivity index (χ1n) is 28.5. The van der Waals surface area contributed by atoms with Crippen LogP contribution >= 0.6 is 0 Å². The van der Waals surface area contributed by atoms with Crippen LogP contribution in [-0.2, 0) is 39.4 Å². The highest BCUT2D eigenvalue weighted by atomic mass is 16.5. The molecular formula is C70H60N6O10+4. The number of para-hydroxylation sites is 1. The van der Waals surface area contributed by atoms with E-state index in [4.69, 9.17) is 18.9 Å². The van der Waals surface area contributed by atoms with Crippen molar-refractivity contribution in [3.8, 4) is 46.0 Å². The van der Waals surface area contributed by atoms with Gasteiger partial charge in [-0.15, -0.1) is 0 Å². The van der Waals surface area contributed by atoms with E-state index in [-0.39, 0.29) is 63.5 Å². The molecule has 13 rings (SSSR count). The smallest absolute Gasteiger partial charge is 0.303 e. The molecule has 16 heteroatoms. The summed E-state index contributed by atoms with van der Waals surface area (Å²) in [6.07, 6.45) is 15.6. The van der Waals surface area contributed by atoms with Crippen molar-refractivity contribution in [3.05, 3.63) is 204 Å². The number of ether oxygens (including phenoxy) is 4. The number of aryl methyl sites for hydroxylation is 5. The number of amides is 4. The topological polar surface area (TPSA) is 164 Å². The number of carboxylic acids is 1. The molecule has 1 N–H and O–H groups in total. The van der Waals surface area contributed by atoms with Crippen LogP contribution in [0, 0.1) is 0 Å². The predicted molar refractivity (Wildman–Crippen MR) is 322 cm³/mol. The summed E-state index contributed by atoms with van der Waals surface area (Å²) in [6.45, 7) is 8.17. The molecule has 2 aliphatic heterocycles. The van der Waals surface area contributed by atoms with Crippen molar-refractivity contribution in [2.75, 3.05) is 9.80 Å². The molecule has 0 unspecified atom stereocenters. The van der Waals surface area contributed by atoms with Crippen LogP contribution in [0.25, 0.3) is 43.1 Å². The van der Waals surface area contributed by atoms with Gasteiger partial charge >= 0.3 is 5.97 Å². The summed E-state index contributed by atoms with van der Waals surface area (Å²) in [5.74, 6) is -1.09. The number of carboxylic acid groups (broad SMARTS) is 1. The van der Waals surface area contributed by atoms with Crippen molar-refractivity contribution >= 4 is 84.1 Å². The van der Waals surface area contributed by atoms with Crippen molar-refractivity contribution in [1.29, 1.82) is 0 Å². The highest BCUT2D eigenvalue weighted by Crippen LogP contribution is 2.58. The summed E-state index contributed by atoms with van der Waals surface area (Å²) in [6, 6.07) is 34.1. The van der Waals surface area contributed by atoms with Gasteiger partial charge in [-0.3, -0.25) is 24.0 Å². The molecule has 0 bridgehead atoms. The molecule has 4 aromatic heterocycles. The number of fused-ring (bicyclic) bond motifs is 2. The summed E-state index contributed by atoms with van der Waals surface area (Å²) in [5.41, 5.74) is 3.91. The Hall–Kier alpha value is -10.6. The van der Waals surface area contributed by atoms with Gasteiger partial charge in [-0.05, 0) is 102 Å². The van der Waals surface area contributed by atoms with Gasteiger partial charge in [-0.2, -0.15) is 0 Å². The molecule has 4 amide bonds. The molecule has 426 valence electrons. The van der Waals surface area contributed by atoms with E-state index >= 15 is 19.2 Å². The number of nitrogens with zero attached hydrogens (tertiary/aromatic N) is 6. The molecule has 0 fully saturated rings. The third-order valence-corrected chi connectivity index (χ3v) is 16.1. The third kappa shape index (κ3) is 9.30. The average molecular weight is 1150 g/mol. The molecule has 0 spiro atoms. The normalized spacial score (nSPS) is 13.1. The first kappa shape index (κ1) is 54.6. The van der Waals surface area contributed by atoms with Gasteiger partial charge in [0.15, 0.2) is 47.8 Å². The first-order chi connectivity index (χ1) is 41.4. The molecule has 0 radical (unpaired) electrons. The summed E-state index contributed by atoms with van der Waals surface area (Å²) >= 11 is 0. The number of anilines is 2. The standard InChI is InChI=1S/C70H59N6O10/c1-39(2)47-20-10-21-48(40(3)4)66(47)76-69(81)51-33-55(85-45-18-13-29-73(7)37-45)62-60-53(83-43-16-11-27-71(5)35-43)31-49-58-50(68(80)75(67(49)79)42-25-23-41(24-26-42)15-9-22-57(77)78)32-54(84-44-17-12-28-72(6)36-44)61(64(58)60)63-56(86-46-19-14-30-74(8)38-46)34-52(70(76)82)59(51)65(62)63/h10-14,16-21,23-40H,9,15,22H2,1-8H3/q+3/p+1. The maximum Gasteiger partial charge on any atom is 0.303 e. The van der Waals surface area contributed by atoms with Crippen molar-refractivity contribution < 1.29 is 66.3 Å². The van der Waals surface area contributed by atoms with Crippen LogP contribution in [0.4, 0.5) is 11.4 Å². The lowest BCUT2D eigenvalue weighted by Crippen LogP contribution is -2.42. The fourth-order valence-corrected chi connectivity index (χ4v) is 12.3. The monoisotopic (exact) mass is 1140 g/mol. The van der Waals surface area contributed by atoms with Gasteiger partial charge in [0.1, 0.15) is 51.2 Å². The summed E-state index contributed by atoms with van der Waals surface area (Å²) < 4.78 is 36.0. The van der Waals surface area contributed by atoms with Gasteiger partial charge in [0, 0.05) is 73.8 Å². The third-order valence-electron chi connectivity index (χ3n) is 16.1. The number of aliphatic carboxylic acids is 1. The molecule has 2 aliphatic rings. The van der Waals surface area contributed by atoms with Gasteiger partial charge in [-0.25, -0.2) is 28.1 Å². The number of imide groups is 2. The van der Waals surface area contributed by atoms with Crippen molar-refractivity contribution in [2.24, 2.45) is 28.2 Å². The number of aromatic nitrogens is 4.